The second kappa shape index (κ2) is 21.0. The van der Waals surface area contributed by atoms with E-state index in [2.05, 4.69) is 42.4 Å². The number of aromatic nitrogens is 4. The molecule has 1 aromatic carbocycles. The molecule has 0 atom stereocenters. The van der Waals surface area contributed by atoms with Gasteiger partial charge in [-0.2, -0.15) is 0 Å². The quantitative estimate of drug-likeness (QED) is 0.0383. The Morgan fingerprint density at radius 2 is 1.92 bits per heavy atom. The number of carbonyl (C=O) groups excluding carboxylic acids is 2. The average molecular weight is 727 g/mol. The van der Waals surface area contributed by atoms with Crippen molar-refractivity contribution in [1.29, 1.82) is 0 Å². The van der Waals surface area contributed by atoms with Crippen LogP contribution in [0, 0.1) is 6.92 Å². The number of esters is 1. The zero-order chi connectivity index (χ0) is 36.0. The number of nitrogens with zero attached hydrogens (tertiary/aromatic N) is 5. The van der Waals surface area contributed by atoms with Gasteiger partial charge in [0.1, 0.15) is 12.1 Å². The number of oxazole rings is 1. The third-order valence-electron chi connectivity index (χ3n) is 8.15. The first kappa shape index (κ1) is 41.8. The number of methoxy groups -OCH3 is 1. The van der Waals surface area contributed by atoms with Crippen LogP contribution >= 0.6 is 0 Å². The first-order valence-corrected chi connectivity index (χ1v) is 17.1. The summed E-state index contributed by atoms with van der Waals surface area (Å²) in [6.45, 7) is 13.5. The van der Waals surface area contributed by atoms with Gasteiger partial charge in [-0.15, -0.1) is 4.90 Å². The van der Waals surface area contributed by atoms with Gasteiger partial charge in [0.15, 0.2) is 11.7 Å². The topological polar surface area (TPSA) is 163 Å². The van der Waals surface area contributed by atoms with Crippen LogP contribution in [0.3, 0.4) is 0 Å². The summed E-state index contributed by atoms with van der Waals surface area (Å²) >= 11 is 5.40. The van der Waals surface area contributed by atoms with Crippen molar-refractivity contribution in [3.63, 3.8) is 0 Å². The molecule has 0 saturated carbocycles. The molecule has 268 valence electrons. The van der Waals surface area contributed by atoms with Crippen LogP contribution in [0.25, 0.3) is 16.7 Å². The third-order valence-corrected chi connectivity index (χ3v) is 8.46. The molecule has 3 aromatic heterocycles. The number of aryl methyl sites for hydroxylation is 3. The third kappa shape index (κ3) is 11.2. The van der Waals surface area contributed by atoms with E-state index in [9.17, 15) is 9.59 Å². The molecule has 4 heterocycles. The molecule has 4 aromatic rings. The van der Waals surface area contributed by atoms with Crippen LogP contribution in [0.1, 0.15) is 63.4 Å². The van der Waals surface area contributed by atoms with Gasteiger partial charge in [0, 0.05) is 44.9 Å². The van der Waals surface area contributed by atoms with E-state index in [4.69, 9.17) is 31.5 Å². The summed E-state index contributed by atoms with van der Waals surface area (Å²) in [6, 6.07) is 5.36. The number of ether oxygens (including phenoxy) is 2. The molecular weight excluding hydrogens is 680 g/mol. The molecule has 0 unspecified atom stereocenters. The average Bonchev–Trinajstić information content (AvgIpc) is 3.70. The summed E-state index contributed by atoms with van der Waals surface area (Å²) in [5.74, 6) is 1.76. The van der Waals surface area contributed by atoms with Gasteiger partial charge in [-0.25, -0.2) is 19.7 Å². The van der Waals surface area contributed by atoms with Gasteiger partial charge in [-0.1, -0.05) is 31.7 Å². The molecule has 5 rings (SSSR count). The van der Waals surface area contributed by atoms with Gasteiger partial charge in [-0.3, -0.25) is 9.69 Å². The summed E-state index contributed by atoms with van der Waals surface area (Å²) in [5.41, 5.74) is 9.50. The first-order chi connectivity index (χ1) is 24.3. The smallest absolute Gasteiger partial charge is 0.776 e. The van der Waals surface area contributed by atoms with Crippen molar-refractivity contribution in [2.45, 2.75) is 51.0 Å². The molecule has 1 saturated heterocycles. The number of carbonyl (C=O) groups is 2. The van der Waals surface area contributed by atoms with Gasteiger partial charge in [0.2, 0.25) is 5.95 Å². The van der Waals surface area contributed by atoms with Crippen LogP contribution in [-0.4, -0.2) is 90.2 Å². The number of rotatable bonds is 16. The van der Waals surface area contributed by atoms with Crippen molar-refractivity contribution < 1.29 is 53.0 Å². The summed E-state index contributed by atoms with van der Waals surface area (Å²) in [4.78, 5) is 40.3. The number of pyridine rings is 1. The maximum absolute atomic E-state index is 12.0. The molecule has 0 bridgehead atoms. The van der Waals surface area contributed by atoms with Crippen LogP contribution in [0.4, 0.5) is 11.8 Å². The number of imidazole rings is 1. The molecule has 1 aliphatic heterocycles. The van der Waals surface area contributed by atoms with Crippen LogP contribution in [-0.2, 0) is 41.5 Å². The Bertz CT molecular complexity index is 1800. The van der Waals surface area contributed by atoms with E-state index < -0.39 is 5.97 Å². The largest absolute Gasteiger partial charge is 1.00 e. The number of fused-ring (bicyclic) bond motifs is 1. The molecule has 0 aliphatic carbocycles. The Hall–Kier alpha value is -3.63. The number of nitrogens with one attached hydrogen (secondary N) is 2. The number of aldehydes is 1. The molecule has 51 heavy (non-hydrogen) atoms. The maximum Gasteiger partial charge on any atom is 1.00 e. The SMILES string of the molecule is C=C(Nc1nc2cc(C=O)cc(CCCCN3CCOCC3)c2n1C/C=C/CNc1ncc(C(=O)OC)cc1[S-])c1oc(C)nc1CC.CN.[Na+]. The number of allylic oxidation sites excluding steroid dienone is 1. The molecule has 4 N–H and O–H groups in total. The fourth-order valence-electron chi connectivity index (χ4n) is 5.75. The first-order valence-electron chi connectivity index (χ1n) is 16.7. The molecule has 0 radical (unpaired) electrons. The number of unbranched alkanes of at least 4 members (excludes halogenated alkanes) is 1. The monoisotopic (exact) mass is 726 g/mol. The summed E-state index contributed by atoms with van der Waals surface area (Å²) in [6.07, 6.45) is 9.82. The van der Waals surface area contributed by atoms with E-state index in [0.717, 1.165) is 80.7 Å². The van der Waals surface area contributed by atoms with Crippen molar-refractivity contribution in [2.75, 3.05) is 64.2 Å². The number of hydrogen-bond donors (Lipinski definition) is 3. The van der Waals surface area contributed by atoms with Crippen LogP contribution in [0.15, 0.2) is 52.4 Å². The van der Waals surface area contributed by atoms with E-state index in [0.29, 0.717) is 64.6 Å². The minimum atomic E-state index is -0.485. The van der Waals surface area contributed by atoms with E-state index in [1.165, 1.54) is 20.4 Å². The number of anilines is 2. The van der Waals surface area contributed by atoms with Crippen molar-refractivity contribution in [1.82, 2.24) is 24.4 Å². The number of benzene rings is 1. The standard InChI is InChI=1S/C35H43N7O5S.CH5N.Na/c1-5-28-32(47-24(3)39-28)23(2)38-35-40-29-19-25(22-43)18-26(10-6-8-12-41-14-16-46-17-15-41)31(29)42(35)13-9-7-11-36-33-30(48)20-27(21-37-33)34(44)45-4;1-2;/h7,9,18-22,48H,2,5-6,8,10-17H2,1,3-4H3,(H,36,37)(H,38,40);2H2,1H3;/q;;+1/p-1/b9-7+;;. The Morgan fingerprint density at radius 1 is 1.16 bits per heavy atom. The number of hydrogen-bond acceptors (Lipinski definition) is 13. The van der Waals surface area contributed by atoms with E-state index in [1.807, 2.05) is 38.1 Å². The van der Waals surface area contributed by atoms with Crippen LogP contribution in [0.5, 0.6) is 0 Å². The van der Waals surface area contributed by atoms with Gasteiger partial charge in [0.25, 0.3) is 0 Å². The molecule has 1 fully saturated rings. The van der Waals surface area contributed by atoms with E-state index in [1.54, 1.807) is 6.07 Å². The minimum Gasteiger partial charge on any atom is -0.776 e. The molecular formula is C36H47N8NaO5S. The number of nitrogens with two attached hydrogens (primary N) is 1. The molecule has 13 nitrogen and oxygen atoms in total. The van der Waals surface area contributed by atoms with Crippen molar-refractivity contribution >= 4 is 53.4 Å². The van der Waals surface area contributed by atoms with Gasteiger partial charge < -0.3 is 47.5 Å². The molecule has 1 aliphatic rings. The van der Waals surface area contributed by atoms with Gasteiger partial charge in [0.05, 0.1) is 48.3 Å². The second-order valence-electron chi connectivity index (χ2n) is 11.5. The van der Waals surface area contributed by atoms with Crippen molar-refractivity contribution in [3.05, 3.63) is 77.2 Å². The Balaban J connectivity index is 0.00000230. The predicted molar refractivity (Wildman–Crippen MR) is 198 cm³/mol. The van der Waals surface area contributed by atoms with Gasteiger partial charge in [-0.05, 0) is 57.0 Å². The van der Waals surface area contributed by atoms with Crippen LogP contribution < -0.4 is 45.9 Å². The Labute approximate surface area is 327 Å². The fourth-order valence-corrected chi connectivity index (χ4v) is 6.00. The fraction of sp³-hybridized carbons (Fsp3) is 0.417. The Morgan fingerprint density at radius 3 is 2.61 bits per heavy atom. The van der Waals surface area contributed by atoms with Crippen LogP contribution in [0.2, 0.25) is 0 Å². The molecule has 0 amide bonds. The van der Waals surface area contributed by atoms with E-state index >= 15 is 0 Å². The second-order valence-corrected chi connectivity index (χ2v) is 11.9. The van der Waals surface area contributed by atoms with Crippen molar-refractivity contribution in [2.24, 2.45) is 5.73 Å². The normalized spacial score (nSPS) is 13.0. The zero-order valence-electron chi connectivity index (χ0n) is 30.3. The molecule has 15 heteroatoms. The predicted octanol–water partition coefficient (Wildman–Crippen LogP) is 1.78. The zero-order valence-corrected chi connectivity index (χ0v) is 33.1. The Kier molecular flexibility index (Phi) is 17.2. The maximum atomic E-state index is 12.0. The number of morpholine rings is 1. The van der Waals surface area contributed by atoms with Crippen molar-refractivity contribution in [3.8, 4) is 0 Å². The summed E-state index contributed by atoms with van der Waals surface area (Å²) in [5, 5.41) is 6.59. The summed E-state index contributed by atoms with van der Waals surface area (Å²) in [7, 11) is 2.82. The molecule has 0 spiro atoms. The van der Waals surface area contributed by atoms with Gasteiger partial charge >= 0.3 is 35.5 Å². The van der Waals surface area contributed by atoms with E-state index in [-0.39, 0.29) is 29.6 Å². The minimum absolute atomic E-state index is 0. The summed E-state index contributed by atoms with van der Waals surface area (Å²) < 4.78 is 18.2.